The Kier molecular flexibility index (Phi) is 5.22. The minimum absolute atomic E-state index is 0.240. The summed E-state index contributed by atoms with van der Waals surface area (Å²) in [6, 6.07) is 11.0. The van der Waals surface area contributed by atoms with Gasteiger partial charge in [0.2, 0.25) is 0 Å². The molecule has 1 aromatic carbocycles. The first-order valence-electron chi connectivity index (χ1n) is 9.75. The molecule has 28 heavy (non-hydrogen) atoms. The first-order chi connectivity index (χ1) is 13.6. The maximum absolute atomic E-state index is 13.5. The number of hydrogen-bond donors (Lipinski definition) is 0. The number of imide groups is 1. The number of amides is 2. The Morgan fingerprint density at radius 3 is 2.75 bits per heavy atom. The lowest BCUT2D eigenvalue weighted by Gasteiger charge is -2.33. The standard InChI is InChI=1S/C22H24N2O3S/c1-3-27-17-9-4-8-16(13-17)24-21(25)19(18-10-6-12-28-18)20(22(24)26)23-11-5-7-15(2)14-23/h4,6,8-10,12-13,15H,3,5,7,11,14H2,1-2H3. The maximum Gasteiger partial charge on any atom is 0.282 e. The van der Waals surface area contributed by atoms with E-state index in [4.69, 9.17) is 4.74 Å². The molecule has 5 nitrogen and oxygen atoms in total. The Labute approximate surface area is 169 Å². The van der Waals surface area contributed by atoms with Crippen molar-refractivity contribution in [2.75, 3.05) is 24.6 Å². The van der Waals surface area contributed by atoms with Crippen molar-refractivity contribution >= 4 is 34.4 Å². The SMILES string of the molecule is CCOc1cccc(N2C(=O)C(c3cccs3)=C(N3CCCC(C)C3)C2=O)c1. The normalized spacial score (nSPS) is 20.3. The van der Waals surface area contributed by atoms with Crippen molar-refractivity contribution < 1.29 is 14.3 Å². The second-order valence-corrected chi connectivity index (χ2v) is 8.22. The number of piperidine rings is 1. The zero-order chi connectivity index (χ0) is 19.7. The van der Waals surface area contributed by atoms with Gasteiger partial charge in [0.1, 0.15) is 11.4 Å². The summed E-state index contributed by atoms with van der Waals surface area (Å²) in [7, 11) is 0. The summed E-state index contributed by atoms with van der Waals surface area (Å²) in [5.74, 6) is 0.660. The van der Waals surface area contributed by atoms with Gasteiger partial charge >= 0.3 is 0 Å². The molecule has 2 amide bonds. The van der Waals surface area contributed by atoms with Crippen molar-refractivity contribution in [3.8, 4) is 5.75 Å². The molecule has 0 bridgehead atoms. The van der Waals surface area contributed by atoms with Crippen LogP contribution in [0.15, 0.2) is 47.5 Å². The van der Waals surface area contributed by atoms with Gasteiger partial charge in [0.25, 0.3) is 11.8 Å². The van der Waals surface area contributed by atoms with E-state index in [1.165, 1.54) is 16.2 Å². The van der Waals surface area contributed by atoms with Gasteiger partial charge in [-0.25, -0.2) is 4.90 Å². The molecular weight excluding hydrogens is 372 g/mol. The zero-order valence-corrected chi connectivity index (χ0v) is 17.0. The Bertz CT molecular complexity index is 920. The van der Waals surface area contributed by atoms with Gasteiger partial charge in [0, 0.05) is 24.0 Å². The third-order valence-electron chi connectivity index (χ3n) is 5.19. The average Bonchev–Trinajstić information content (AvgIpc) is 3.28. The van der Waals surface area contributed by atoms with Crippen molar-refractivity contribution in [1.29, 1.82) is 0 Å². The van der Waals surface area contributed by atoms with Gasteiger partial charge in [-0.15, -0.1) is 11.3 Å². The van der Waals surface area contributed by atoms with E-state index in [1.54, 1.807) is 12.1 Å². The van der Waals surface area contributed by atoms with Crippen LogP contribution in [0.2, 0.25) is 0 Å². The molecule has 0 N–H and O–H groups in total. The highest BCUT2D eigenvalue weighted by Gasteiger charge is 2.43. The summed E-state index contributed by atoms with van der Waals surface area (Å²) in [6.07, 6.45) is 2.18. The van der Waals surface area contributed by atoms with Crippen LogP contribution in [0.3, 0.4) is 0 Å². The fourth-order valence-electron chi connectivity index (χ4n) is 3.96. The predicted octanol–water partition coefficient (Wildman–Crippen LogP) is 4.16. The highest BCUT2D eigenvalue weighted by Crippen LogP contribution is 2.38. The summed E-state index contributed by atoms with van der Waals surface area (Å²) < 4.78 is 5.56. The molecule has 2 aromatic rings. The number of nitrogens with zero attached hydrogens (tertiary/aromatic N) is 2. The molecule has 0 saturated carbocycles. The van der Waals surface area contributed by atoms with Gasteiger partial charge in [-0.05, 0) is 49.3 Å². The number of thiophene rings is 1. The average molecular weight is 397 g/mol. The second-order valence-electron chi connectivity index (χ2n) is 7.27. The van der Waals surface area contributed by atoms with Crippen LogP contribution < -0.4 is 9.64 Å². The largest absolute Gasteiger partial charge is 0.494 e. The number of hydrogen-bond acceptors (Lipinski definition) is 5. The van der Waals surface area contributed by atoms with Gasteiger partial charge < -0.3 is 9.64 Å². The highest BCUT2D eigenvalue weighted by atomic mass is 32.1. The molecule has 1 aromatic heterocycles. The fourth-order valence-corrected chi connectivity index (χ4v) is 4.72. The van der Waals surface area contributed by atoms with Crippen LogP contribution in [0.5, 0.6) is 5.75 Å². The minimum atomic E-state index is -0.255. The highest BCUT2D eigenvalue weighted by molar-refractivity contribution is 7.11. The summed E-state index contributed by atoms with van der Waals surface area (Å²) in [4.78, 5) is 31.1. The van der Waals surface area contributed by atoms with Crippen LogP contribution in [0.25, 0.3) is 5.57 Å². The third-order valence-corrected chi connectivity index (χ3v) is 6.07. The van der Waals surface area contributed by atoms with E-state index in [0.717, 1.165) is 30.8 Å². The molecule has 2 aliphatic rings. The quantitative estimate of drug-likeness (QED) is 0.712. The summed E-state index contributed by atoms with van der Waals surface area (Å²) >= 11 is 1.49. The summed E-state index contributed by atoms with van der Waals surface area (Å²) in [6.45, 7) is 6.24. The number of carbonyl (C=O) groups is 2. The number of anilines is 1. The van der Waals surface area contributed by atoms with E-state index < -0.39 is 0 Å². The smallest absolute Gasteiger partial charge is 0.282 e. The molecule has 1 unspecified atom stereocenters. The van der Waals surface area contributed by atoms with Crippen LogP contribution >= 0.6 is 11.3 Å². The first kappa shape index (κ1) is 18.7. The molecule has 0 spiro atoms. The number of carbonyl (C=O) groups excluding carboxylic acids is 2. The van der Waals surface area contributed by atoms with E-state index in [9.17, 15) is 9.59 Å². The van der Waals surface area contributed by atoms with E-state index >= 15 is 0 Å². The number of benzene rings is 1. The molecule has 4 rings (SSSR count). The lowest BCUT2D eigenvalue weighted by molar-refractivity contribution is -0.120. The lowest BCUT2D eigenvalue weighted by Crippen LogP contribution is -2.39. The van der Waals surface area contributed by atoms with E-state index in [-0.39, 0.29) is 11.8 Å². The number of likely N-dealkylation sites (tertiary alicyclic amines) is 1. The van der Waals surface area contributed by atoms with Crippen LogP contribution in [0.1, 0.15) is 31.6 Å². The van der Waals surface area contributed by atoms with Gasteiger partial charge in [-0.2, -0.15) is 0 Å². The van der Waals surface area contributed by atoms with Crippen LogP contribution in [-0.2, 0) is 9.59 Å². The van der Waals surface area contributed by atoms with E-state index in [2.05, 4.69) is 11.8 Å². The van der Waals surface area contributed by atoms with E-state index in [0.29, 0.717) is 35.2 Å². The van der Waals surface area contributed by atoms with Gasteiger partial charge in [-0.3, -0.25) is 9.59 Å². The first-order valence-corrected chi connectivity index (χ1v) is 10.6. The monoisotopic (exact) mass is 396 g/mol. The molecule has 1 saturated heterocycles. The molecule has 3 heterocycles. The molecule has 146 valence electrons. The Morgan fingerprint density at radius 1 is 1.18 bits per heavy atom. The predicted molar refractivity (Wildman–Crippen MR) is 111 cm³/mol. The molecule has 2 aliphatic heterocycles. The van der Waals surface area contributed by atoms with Crippen LogP contribution in [-0.4, -0.2) is 36.4 Å². The molecule has 0 radical (unpaired) electrons. The zero-order valence-electron chi connectivity index (χ0n) is 16.2. The summed E-state index contributed by atoms with van der Waals surface area (Å²) in [5.41, 5.74) is 1.62. The molecule has 1 atom stereocenters. The van der Waals surface area contributed by atoms with Crippen molar-refractivity contribution in [3.63, 3.8) is 0 Å². The molecular formula is C22H24N2O3S. The van der Waals surface area contributed by atoms with E-state index in [1.807, 2.05) is 36.6 Å². The third kappa shape index (κ3) is 3.33. The van der Waals surface area contributed by atoms with Crippen molar-refractivity contribution in [1.82, 2.24) is 4.90 Å². The minimum Gasteiger partial charge on any atom is -0.494 e. The lowest BCUT2D eigenvalue weighted by atomic mass is 9.99. The number of ether oxygens (including phenoxy) is 1. The topological polar surface area (TPSA) is 49.9 Å². The Balaban J connectivity index is 1.77. The second kappa shape index (κ2) is 7.80. The number of rotatable bonds is 5. The van der Waals surface area contributed by atoms with Crippen LogP contribution in [0.4, 0.5) is 5.69 Å². The van der Waals surface area contributed by atoms with Crippen molar-refractivity contribution in [2.24, 2.45) is 5.92 Å². The maximum atomic E-state index is 13.5. The molecule has 1 fully saturated rings. The Morgan fingerprint density at radius 2 is 2.04 bits per heavy atom. The Hall–Kier alpha value is -2.60. The molecule has 6 heteroatoms. The van der Waals surface area contributed by atoms with Crippen molar-refractivity contribution in [2.45, 2.75) is 26.7 Å². The van der Waals surface area contributed by atoms with Crippen LogP contribution in [0, 0.1) is 5.92 Å². The fraction of sp³-hybridized carbons (Fsp3) is 0.364. The summed E-state index contributed by atoms with van der Waals surface area (Å²) in [5, 5.41) is 1.94. The molecule has 0 aliphatic carbocycles. The van der Waals surface area contributed by atoms with Gasteiger partial charge in [0.05, 0.1) is 17.9 Å². The van der Waals surface area contributed by atoms with Crippen molar-refractivity contribution in [3.05, 3.63) is 52.4 Å². The van der Waals surface area contributed by atoms with Gasteiger partial charge in [-0.1, -0.05) is 19.1 Å². The van der Waals surface area contributed by atoms with Gasteiger partial charge in [0.15, 0.2) is 0 Å².